The molecule has 0 atom stereocenters. The predicted molar refractivity (Wildman–Crippen MR) is 209 cm³/mol. The summed E-state index contributed by atoms with van der Waals surface area (Å²) in [5.41, 5.74) is 8.36. The first-order chi connectivity index (χ1) is 25.2. The van der Waals surface area contributed by atoms with Crippen molar-refractivity contribution in [2.24, 2.45) is 0 Å². The molecule has 0 unspecified atom stereocenters. The number of benzene rings is 7. The lowest BCUT2D eigenvalue weighted by molar-refractivity contribution is 0.669. The van der Waals surface area contributed by atoms with Crippen molar-refractivity contribution in [2.75, 3.05) is 0 Å². The average Bonchev–Trinajstić information content (AvgIpc) is 3.88. The van der Waals surface area contributed by atoms with Gasteiger partial charge in [0.15, 0.2) is 17.5 Å². The second kappa shape index (κ2) is 10.9. The summed E-state index contributed by atoms with van der Waals surface area (Å²) in [5.74, 6) is 1.87. The summed E-state index contributed by atoms with van der Waals surface area (Å²) in [4.78, 5) is 15.2. The van der Waals surface area contributed by atoms with Crippen molar-refractivity contribution in [1.82, 2.24) is 15.0 Å². The Morgan fingerprint density at radius 1 is 0.353 bits per heavy atom. The van der Waals surface area contributed by atoms with Crippen LogP contribution in [0.4, 0.5) is 0 Å². The SMILES string of the molecule is c1ccc(-c2nc(-c3ccc4c(c3)sc3ccccc34)nc(-c3ccc4oc5cccc(-c6ccc7oc8ccccc8c7c6)c5c4c3)n2)cc1. The zero-order valence-electron chi connectivity index (χ0n) is 27.0. The van der Waals surface area contributed by atoms with Gasteiger partial charge in [-0.2, -0.15) is 0 Å². The van der Waals surface area contributed by atoms with Crippen LogP contribution in [0.15, 0.2) is 160 Å². The van der Waals surface area contributed by atoms with Gasteiger partial charge in [0, 0.05) is 58.4 Å². The topological polar surface area (TPSA) is 65.0 Å². The van der Waals surface area contributed by atoms with Crippen LogP contribution in [0.2, 0.25) is 0 Å². The van der Waals surface area contributed by atoms with Crippen LogP contribution in [0.5, 0.6) is 0 Å². The zero-order valence-corrected chi connectivity index (χ0v) is 27.8. The number of rotatable bonds is 4. The molecular weight excluding hydrogens is 647 g/mol. The lowest BCUT2D eigenvalue weighted by atomic mass is 9.97. The number of thiophene rings is 1. The summed E-state index contributed by atoms with van der Waals surface area (Å²) in [7, 11) is 0. The Morgan fingerprint density at radius 3 is 1.80 bits per heavy atom. The van der Waals surface area contributed by atoms with E-state index < -0.39 is 0 Å². The molecule has 0 radical (unpaired) electrons. The normalized spacial score (nSPS) is 11.9. The third kappa shape index (κ3) is 4.50. The van der Waals surface area contributed by atoms with Crippen molar-refractivity contribution >= 4 is 75.4 Å². The first-order valence-electron chi connectivity index (χ1n) is 16.8. The van der Waals surface area contributed by atoms with E-state index in [0.29, 0.717) is 17.5 Å². The summed E-state index contributed by atoms with van der Waals surface area (Å²) in [6.45, 7) is 0. The maximum atomic E-state index is 6.43. The Kier molecular flexibility index (Phi) is 6.05. The van der Waals surface area contributed by atoms with E-state index in [1.807, 2.05) is 66.7 Å². The Morgan fingerprint density at radius 2 is 0.941 bits per heavy atom. The van der Waals surface area contributed by atoms with Gasteiger partial charge in [0.05, 0.1) is 0 Å². The van der Waals surface area contributed by atoms with E-state index in [0.717, 1.165) is 71.7 Å². The van der Waals surface area contributed by atoms with Crippen molar-refractivity contribution in [3.8, 4) is 45.3 Å². The van der Waals surface area contributed by atoms with Crippen LogP contribution in [0.1, 0.15) is 0 Å². The average molecular weight is 672 g/mol. The molecule has 0 aliphatic rings. The van der Waals surface area contributed by atoms with Crippen LogP contribution in [-0.4, -0.2) is 15.0 Å². The number of aromatic nitrogens is 3. The Balaban J connectivity index is 1.10. The molecule has 4 heterocycles. The van der Waals surface area contributed by atoms with Crippen molar-refractivity contribution in [3.05, 3.63) is 152 Å². The third-order valence-corrected chi connectivity index (χ3v) is 10.9. The van der Waals surface area contributed by atoms with Crippen molar-refractivity contribution in [1.29, 1.82) is 0 Å². The lowest BCUT2D eigenvalue weighted by Crippen LogP contribution is -2.00. The van der Waals surface area contributed by atoms with E-state index in [-0.39, 0.29) is 0 Å². The van der Waals surface area contributed by atoms with Gasteiger partial charge >= 0.3 is 0 Å². The molecular formula is C45H25N3O2S. The number of furan rings is 2. The van der Waals surface area contributed by atoms with Crippen molar-refractivity contribution < 1.29 is 8.83 Å². The molecule has 11 aromatic rings. The van der Waals surface area contributed by atoms with Crippen LogP contribution in [0.3, 0.4) is 0 Å². The maximum Gasteiger partial charge on any atom is 0.164 e. The molecule has 0 aliphatic carbocycles. The molecule has 7 aromatic carbocycles. The van der Waals surface area contributed by atoms with Gasteiger partial charge in [-0.3, -0.25) is 0 Å². The van der Waals surface area contributed by atoms with Crippen LogP contribution in [0, 0.1) is 0 Å². The van der Waals surface area contributed by atoms with Gasteiger partial charge in [-0.25, -0.2) is 15.0 Å². The minimum Gasteiger partial charge on any atom is -0.456 e. The van der Waals surface area contributed by atoms with Gasteiger partial charge in [-0.05, 0) is 65.7 Å². The molecule has 0 amide bonds. The molecule has 6 heteroatoms. The van der Waals surface area contributed by atoms with Crippen LogP contribution in [-0.2, 0) is 0 Å². The first kappa shape index (κ1) is 28.2. The second-order valence-corrected chi connectivity index (χ2v) is 13.9. The van der Waals surface area contributed by atoms with Crippen molar-refractivity contribution in [2.45, 2.75) is 0 Å². The number of fused-ring (bicyclic) bond motifs is 9. The third-order valence-electron chi connectivity index (χ3n) is 9.75. The minimum absolute atomic E-state index is 0.607. The number of hydrogen-bond donors (Lipinski definition) is 0. The Labute approximate surface area is 295 Å². The van der Waals surface area contributed by atoms with Crippen LogP contribution < -0.4 is 0 Å². The van der Waals surface area contributed by atoms with E-state index in [4.69, 9.17) is 23.8 Å². The monoisotopic (exact) mass is 671 g/mol. The highest BCUT2D eigenvalue weighted by Gasteiger charge is 2.18. The van der Waals surface area contributed by atoms with Gasteiger partial charge in [0.1, 0.15) is 22.3 Å². The van der Waals surface area contributed by atoms with Gasteiger partial charge < -0.3 is 8.83 Å². The maximum absolute atomic E-state index is 6.43. The molecule has 51 heavy (non-hydrogen) atoms. The Hall–Kier alpha value is -6.63. The van der Waals surface area contributed by atoms with E-state index in [9.17, 15) is 0 Å². The summed E-state index contributed by atoms with van der Waals surface area (Å²) in [5, 5.41) is 6.76. The Bertz CT molecular complexity index is 3160. The highest BCUT2D eigenvalue weighted by molar-refractivity contribution is 7.25. The van der Waals surface area contributed by atoms with E-state index in [1.165, 1.54) is 20.2 Å². The summed E-state index contributed by atoms with van der Waals surface area (Å²) < 4.78 is 15.0. The molecule has 5 nitrogen and oxygen atoms in total. The number of nitrogens with zero attached hydrogens (tertiary/aromatic N) is 3. The number of para-hydroxylation sites is 1. The molecule has 238 valence electrons. The van der Waals surface area contributed by atoms with Gasteiger partial charge in [-0.15, -0.1) is 11.3 Å². The molecule has 11 rings (SSSR count). The first-order valence-corrected chi connectivity index (χ1v) is 17.7. The molecule has 0 spiro atoms. The fourth-order valence-electron chi connectivity index (χ4n) is 7.32. The second-order valence-electron chi connectivity index (χ2n) is 12.8. The highest BCUT2D eigenvalue weighted by atomic mass is 32.1. The fourth-order valence-corrected chi connectivity index (χ4v) is 8.46. The number of hydrogen-bond acceptors (Lipinski definition) is 6. The molecule has 0 fully saturated rings. The fraction of sp³-hybridized carbons (Fsp3) is 0. The molecule has 0 bridgehead atoms. The summed E-state index contributed by atoms with van der Waals surface area (Å²) in [6.07, 6.45) is 0. The van der Waals surface area contributed by atoms with Crippen LogP contribution in [0.25, 0.3) is 109 Å². The van der Waals surface area contributed by atoms with Crippen molar-refractivity contribution in [3.63, 3.8) is 0 Å². The van der Waals surface area contributed by atoms with Gasteiger partial charge in [0.25, 0.3) is 0 Å². The smallest absolute Gasteiger partial charge is 0.164 e. The molecule has 0 N–H and O–H groups in total. The largest absolute Gasteiger partial charge is 0.456 e. The molecule has 0 saturated heterocycles. The van der Waals surface area contributed by atoms with Gasteiger partial charge in [-0.1, -0.05) is 97.1 Å². The minimum atomic E-state index is 0.607. The zero-order chi connectivity index (χ0) is 33.5. The lowest BCUT2D eigenvalue weighted by Gasteiger charge is -2.09. The van der Waals surface area contributed by atoms with E-state index >= 15 is 0 Å². The molecule has 4 aromatic heterocycles. The van der Waals surface area contributed by atoms with Gasteiger partial charge in [0.2, 0.25) is 0 Å². The van der Waals surface area contributed by atoms with Crippen LogP contribution >= 0.6 is 11.3 Å². The predicted octanol–water partition coefficient (Wildman–Crippen LogP) is 12.7. The van der Waals surface area contributed by atoms with E-state index in [2.05, 4.69) is 84.9 Å². The summed E-state index contributed by atoms with van der Waals surface area (Å²) >= 11 is 1.79. The summed E-state index contributed by atoms with van der Waals surface area (Å²) in [6, 6.07) is 52.2. The highest BCUT2D eigenvalue weighted by Crippen LogP contribution is 2.41. The quantitative estimate of drug-likeness (QED) is 0.186. The molecule has 0 aliphatic heterocycles. The molecule has 0 saturated carbocycles. The standard InChI is InChI=1S/C45H25N3O2S/c1-2-9-26(10-3-1)43-46-44(48-45(47-43)29-17-20-33-32-12-5-7-16-40(32)51-41(33)25-29)28-19-22-38-35(24-28)42-30(13-8-15-39(42)50-38)27-18-21-37-34(23-27)31-11-4-6-14-36(31)49-37/h1-25H. The van der Waals surface area contributed by atoms with E-state index in [1.54, 1.807) is 11.3 Å².